The van der Waals surface area contributed by atoms with E-state index in [1.165, 1.54) is 12.8 Å². The van der Waals surface area contributed by atoms with Crippen LogP contribution in [0.5, 0.6) is 0 Å². The number of halogens is 1. The number of aliphatic hydroxyl groups excluding tert-OH is 1. The number of aliphatic hydroxyl groups is 1. The molecule has 0 aromatic rings. The van der Waals surface area contributed by atoms with Crippen molar-refractivity contribution in [2.24, 2.45) is 0 Å². The van der Waals surface area contributed by atoms with Crippen LogP contribution in [0.1, 0.15) is 32.1 Å². The molecule has 0 amide bonds. The second kappa shape index (κ2) is 4.69. The van der Waals surface area contributed by atoms with Crippen LogP contribution in [-0.2, 0) is 0 Å². The molecule has 0 bridgehead atoms. The second-order valence-corrected chi connectivity index (χ2v) is 4.02. The zero-order valence-electron chi connectivity index (χ0n) is 7.02. The number of rotatable bonds is 2. The topological polar surface area (TPSA) is 20.2 Å². The summed E-state index contributed by atoms with van der Waals surface area (Å²) in [4.78, 5) is 0. The van der Waals surface area contributed by atoms with Gasteiger partial charge in [0.05, 0.1) is 6.10 Å². The average Bonchev–Trinajstić information content (AvgIpc) is 2.05. The van der Waals surface area contributed by atoms with Crippen LogP contribution >= 0.6 is 15.9 Å². The Hall–Kier alpha value is -0.260. The van der Waals surface area contributed by atoms with Crippen molar-refractivity contribution in [3.05, 3.63) is 10.1 Å². The minimum Gasteiger partial charge on any atom is -0.388 e. The van der Waals surface area contributed by atoms with Gasteiger partial charge in [-0.2, -0.15) is 0 Å². The van der Waals surface area contributed by atoms with Crippen LogP contribution in [0.25, 0.3) is 0 Å². The molecule has 0 aliphatic heterocycles. The maximum atomic E-state index is 9.61. The van der Waals surface area contributed by atoms with E-state index in [0.29, 0.717) is 6.42 Å². The summed E-state index contributed by atoms with van der Waals surface area (Å²) in [6.07, 6.45) is 9.57. The van der Waals surface area contributed by atoms with Crippen molar-refractivity contribution in [1.82, 2.24) is 0 Å². The molecule has 12 heavy (non-hydrogen) atoms. The van der Waals surface area contributed by atoms with Crippen LogP contribution < -0.4 is 0 Å². The summed E-state index contributed by atoms with van der Waals surface area (Å²) >= 11 is 3.48. The summed E-state index contributed by atoms with van der Waals surface area (Å²) in [6.45, 7) is 0. The van der Waals surface area contributed by atoms with Gasteiger partial charge in [-0.25, -0.2) is 0 Å². The third-order valence-corrected chi connectivity index (χ3v) is 3.06. The molecular formula is C10H13BrO. The molecule has 1 aliphatic rings. The molecule has 0 aromatic carbocycles. The van der Waals surface area contributed by atoms with E-state index in [1.807, 2.05) is 0 Å². The van der Waals surface area contributed by atoms with Crippen molar-refractivity contribution in [2.45, 2.75) is 38.2 Å². The molecular weight excluding hydrogens is 216 g/mol. The number of hydrogen-bond acceptors (Lipinski definition) is 1. The third kappa shape index (κ3) is 2.36. The van der Waals surface area contributed by atoms with E-state index >= 15 is 0 Å². The van der Waals surface area contributed by atoms with Crippen LogP contribution in [0.3, 0.4) is 0 Å². The van der Waals surface area contributed by atoms with Crippen molar-refractivity contribution < 1.29 is 5.11 Å². The Morgan fingerprint density at radius 2 is 2.17 bits per heavy atom. The lowest BCUT2D eigenvalue weighted by atomic mass is 9.94. The summed E-state index contributed by atoms with van der Waals surface area (Å²) in [5.74, 6) is 2.48. The van der Waals surface area contributed by atoms with E-state index in [1.54, 1.807) is 0 Å². The largest absolute Gasteiger partial charge is 0.388 e. The number of hydrogen-bond donors (Lipinski definition) is 1. The van der Waals surface area contributed by atoms with E-state index in [9.17, 15) is 5.11 Å². The summed E-state index contributed by atoms with van der Waals surface area (Å²) in [7, 11) is 0. The molecule has 0 aromatic heterocycles. The molecule has 1 aliphatic carbocycles. The smallest absolute Gasteiger partial charge is 0.0869 e. The van der Waals surface area contributed by atoms with Crippen LogP contribution in [0.2, 0.25) is 0 Å². The van der Waals surface area contributed by atoms with Gasteiger partial charge in [-0.1, -0.05) is 15.9 Å². The molecule has 0 saturated heterocycles. The number of terminal acetylenes is 1. The highest BCUT2D eigenvalue weighted by Crippen LogP contribution is 2.31. The van der Waals surface area contributed by atoms with Gasteiger partial charge >= 0.3 is 0 Å². The van der Waals surface area contributed by atoms with Crippen molar-refractivity contribution in [3.63, 3.8) is 0 Å². The van der Waals surface area contributed by atoms with Crippen molar-refractivity contribution in [2.75, 3.05) is 0 Å². The molecule has 66 valence electrons. The summed E-state index contributed by atoms with van der Waals surface area (Å²) < 4.78 is 1.16. The van der Waals surface area contributed by atoms with Crippen LogP contribution in [0.15, 0.2) is 10.1 Å². The van der Waals surface area contributed by atoms with Crippen LogP contribution in [-0.4, -0.2) is 11.2 Å². The molecule has 2 heteroatoms. The van der Waals surface area contributed by atoms with E-state index in [0.717, 1.165) is 22.9 Å². The molecule has 1 unspecified atom stereocenters. The predicted molar refractivity (Wildman–Crippen MR) is 53.9 cm³/mol. The van der Waals surface area contributed by atoms with E-state index in [4.69, 9.17) is 6.42 Å². The van der Waals surface area contributed by atoms with E-state index < -0.39 is 6.10 Å². The Morgan fingerprint density at radius 1 is 1.50 bits per heavy atom. The Balaban J connectivity index is 2.65. The summed E-state index contributed by atoms with van der Waals surface area (Å²) in [6, 6.07) is 0. The molecule has 0 saturated carbocycles. The molecule has 0 heterocycles. The lowest BCUT2D eigenvalue weighted by molar-refractivity contribution is 0.209. The molecule has 0 fully saturated rings. The second-order valence-electron chi connectivity index (χ2n) is 3.06. The predicted octanol–water partition coefficient (Wildman–Crippen LogP) is 2.59. The van der Waals surface area contributed by atoms with E-state index in [-0.39, 0.29) is 0 Å². The third-order valence-electron chi connectivity index (χ3n) is 2.15. The minimum atomic E-state index is -0.426. The van der Waals surface area contributed by atoms with Gasteiger partial charge in [-0.15, -0.1) is 12.3 Å². The van der Waals surface area contributed by atoms with Crippen molar-refractivity contribution in [3.8, 4) is 12.3 Å². The van der Waals surface area contributed by atoms with Gasteiger partial charge in [0.1, 0.15) is 0 Å². The van der Waals surface area contributed by atoms with Gasteiger partial charge in [0.2, 0.25) is 0 Å². The van der Waals surface area contributed by atoms with Gasteiger partial charge in [0.15, 0.2) is 0 Å². The van der Waals surface area contributed by atoms with Gasteiger partial charge in [-0.3, -0.25) is 0 Å². The Morgan fingerprint density at radius 3 is 2.75 bits per heavy atom. The van der Waals surface area contributed by atoms with Gasteiger partial charge in [-0.05, 0) is 35.7 Å². The summed E-state index contributed by atoms with van der Waals surface area (Å²) in [5.41, 5.74) is 1.11. The monoisotopic (exact) mass is 228 g/mol. The molecule has 1 rings (SSSR count). The summed E-state index contributed by atoms with van der Waals surface area (Å²) in [5, 5.41) is 9.61. The lowest BCUT2D eigenvalue weighted by Gasteiger charge is -2.19. The highest BCUT2D eigenvalue weighted by molar-refractivity contribution is 9.11. The Bertz CT molecular complexity index is 224. The number of allylic oxidation sites excluding steroid dienone is 1. The van der Waals surface area contributed by atoms with Crippen LogP contribution in [0, 0.1) is 12.3 Å². The Labute approximate surface area is 82.0 Å². The average molecular weight is 229 g/mol. The first kappa shape index (κ1) is 9.83. The first-order valence-electron chi connectivity index (χ1n) is 4.24. The first-order valence-corrected chi connectivity index (χ1v) is 5.04. The maximum absolute atomic E-state index is 9.61. The molecule has 1 N–H and O–H groups in total. The molecule has 0 radical (unpaired) electrons. The SMILES string of the molecule is C#CCC(O)C1=C(Br)CCCC1. The van der Waals surface area contributed by atoms with Gasteiger partial charge in [0.25, 0.3) is 0 Å². The Kier molecular flexibility index (Phi) is 3.84. The zero-order chi connectivity index (χ0) is 8.97. The lowest BCUT2D eigenvalue weighted by Crippen LogP contribution is -2.13. The zero-order valence-corrected chi connectivity index (χ0v) is 8.60. The maximum Gasteiger partial charge on any atom is 0.0869 e. The van der Waals surface area contributed by atoms with Gasteiger partial charge in [0, 0.05) is 6.42 Å². The molecule has 1 atom stereocenters. The van der Waals surface area contributed by atoms with Crippen LogP contribution in [0.4, 0.5) is 0 Å². The quantitative estimate of drug-likeness (QED) is 0.721. The standard InChI is InChI=1S/C10H13BrO/c1-2-5-10(12)8-6-3-4-7-9(8)11/h1,10,12H,3-7H2. The highest BCUT2D eigenvalue weighted by Gasteiger charge is 2.16. The fourth-order valence-corrected chi connectivity index (χ4v) is 2.22. The first-order chi connectivity index (χ1) is 5.75. The molecule has 0 spiro atoms. The fourth-order valence-electron chi connectivity index (χ4n) is 1.47. The van der Waals surface area contributed by atoms with Gasteiger partial charge < -0.3 is 5.11 Å². The highest BCUT2D eigenvalue weighted by atomic mass is 79.9. The van der Waals surface area contributed by atoms with Crippen molar-refractivity contribution >= 4 is 15.9 Å². The van der Waals surface area contributed by atoms with E-state index in [2.05, 4.69) is 21.9 Å². The normalized spacial score (nSPS) is 20.4. The fraction of sp³-hybridized carbons (Fsp3) is 0.600. The van der Waals surface area contributed by atoms with Crippen molar-refractivity contribution in [1.29, 1.82) is 0 Å². The minimum absolute atomic E-state index is 0.426. The molecule has 1 nitrogen and oxygen atoms in total.